The van der Waals surface area contributed by atoms with Gasteiger partial charge in [0, 0.05) is 0 Å². The zero-order valence-corrected chi connectivity index (χ0v) is 11.4. The molecule has 1 aliphatic heterocycles. The second kappa shape index (κ2) is 5.75. The van der Waals surface area contributed by atoms with Gasteiger partial charge in [-0.05, 0) is 57.8 Å². The number of hydrogen-bond acceptors (Lipinski definition) is 4. The third-order valence-corrected chi connectivity index (χ3v) is 4.05. The predicted octanol–water partition coefficient (Wildman–Crippen LogP) is 2.13. The normalized spacial score (nSPS) is 21.2. The molecule has 1 aliphatic rings. The number of furan rings is 1. The molecule has 0 saturated carbocycles. The van der Waals surface area contributed by atoms with Crippen molar-refractivity contribution in [2.24, 2.45) is 5.92 Å². The minimum Gasteiger partial charge on any atom is -0.475 e. The molecule has 0 spiro atoms. The predicted molar refractivity (Wildman–Crippen MR) is 70.1 cm³/mol. The molecule has 5 nitrogen and oxygen atoms in total. The van der Waals surface area contributed by atoms with Crippen molar-refractivity contribution >= 4 is 5.97 Å². The van der Waals surface area contributed by atoms with Gasteiger partial charge in [0.1, 0.15) is 5.76 Å². The van der Waals surface area contributed by atoms with Crippen molar-refractivity contribution in [2.75, 3.05) is 13.1 Å². The van der Waals surface area contributed by atoms with Crippen molar-refractivity contribution < 1.29 is 19.4 Å². The second-order valence-corrected chi connectivity index (χ2v) is 5.30. The van der Waals surface area contributed by atoms with Crippen molar-refractivity contribution in [1.29, 1.82) is 0 Å². The lowest BCUT2D eigenvalue weighted by Gasteiger charge is -2.36. The average molecular weight is 267 g/mol. The quantitative estimate of drug-likeness (QED) is 0.874. The maximum atomic E-state index is 10.8. The molecule has 1 saturated heterocycles. The van der Waals surface area contributed by atoms with Gasteiger partial charge in [0.2, 0.25) is 5.76 Å². The van der Waals surface area contributed by atoms with Gasteiger partial charge in [-0.3, -0.25) is 4.90 Å². The molecule has 1 aromatic heterocycles. The highest BCUT2D eigenvalue weighted by Crippen LogP contribution is 2.28. The summed E-state index contributed by atoms with van der Waals surface area (Å²) in [5, 5.41) is 18.4. The van der Waals surface area contributed by atoms with E-state index < -0.39 is 5.97 Å². The molecule has 0 aliphatic carbocycles. The second-order valence-electron chi connectivity index (χ2n) is 5.30. The molecule has 2 unspecified atom stereocenters. The molecule has 0 aromatic carbocycles. The summed E-state index contributed by atoms with van der Waals surface area (Å²) in [6.45, 7) is 5.67. The highest BCUT2D eigenvalue weighted by atomic mass is 16.4. The van der Waals surface area contributed by atoms with Crippen molar-refractivity contribution in [3.8, 4) is 0 Å². The van der Waals surface area contributed by atoms with Crippen LogP contribution in [-0.4, -0.2) is 40.3 Å². The number of nitrogens with zero attached hydrogens (tertiary/aromatic N) is 1. The molecule has 2 heterocycles. The van der Waals surface area contributed by atoms with Gasteiger partial charge in [-0.15, -0.1) is 0 Å². The number of aliphatic hydroxyl groups is 1. The molecule has 2 rings (SSSR count). The number of rotatable bonds is 4. The lowest BCUT2D eigenvalue weighted by molar-refractivity contribution is 0.0530. The Kier molecular flexibility index (Phi) is 4.27. The van der Waals surface area contributed by atoms with E-state index in [2.05, 4.69) is 4.90 Å². The molecule has 1 aromatic rings. The zero-order valence-electron chi connectivity index (χ0n) is 11.4. The molecule has 1 fully saturated rings. The van der Waals surface area contributed by atoms with Crippen LogP contribution in [0.25, 0.3) is 0 Å². The monoisotopic (exact) mass is 267 g/mol. The summed E-state index contributed by atoms with van der Waals surface area (Å²) in [5.41, 5.74) is 0. The first-order valence-corrected chi connectivity index (χ1v) is 6.74. The summed E-state index contributed by atoms with van der Waals surface area (Å²) in [5.74, 6) is 0.00880. The van der Waals surface area contributed by atoms with Gasteiger partial charge in [-0.1, -0.05) is 0 Å². The molecule has 0 amide bonds. The van der Waals surface area contributed by atoms with E-state index in [0.717, 1.165) is 25.9 Å². The highest BCUT2D eigenvalue weighted by Gasteiger charge is 2.27. The van der Waals surface area contributed by atoms with Gasteiger partial charge in [-0.25, -0.2) is 4.79 Å². The molecule has 5 heteroatoms. The summed E-state index contributed by atoms with van der Waals surface area (Å²) in [7, 11) is 0. The number of hydrogen-bond donors (Lipinski definition) is 2. The Bertz CT molecular complexity index is 432. The number of carboxylic acids is 1. The van der Waals surface area contributed by atoms with Crippen LogP contribution in [0.4, 0.5) is 0 Å². The van der Waals surface area contributed by atoms with Gasteiger partial charge in [0.15, 0.2) is 0 Å². The molecule has 0 radical (unpaired) electrons. The van der Waals surface area contributed by atoms with Crippen molar-refractivity contribution in [3.63, 3.8) is 0 Å². The summed E-state index contributed by atoms with van der Waals surface area (Å²) >= 11 is 0. The van der Waals surface area contributed by atoms with Crippen molar-refractivity contribution in [3.05, 3.63) is 23.7 Å². The van der Waals surface area contributed by atoms with E-state index in [-0.39, 0.29) is 17.9 Å². The Morgan fingerprint density at radius 2 is 2.00 bits per heavy atom. The van der Waals surface area contributed by atoms with Gasteiger partial charge < -0.3 is 14.6 Å². The van der Waals surface area contributed by atoms with E-state index >= 15 is 0 Å². The maximum Gasteiger partial charge on any atom is 0.371 e. The average Bonchev–Trinajstić information content (AvgIpc) is 2.87. The Morgan fingerprint density at radius 1 is 1.37 bits per heavy atom. The van der Waals surface area contributed by atoms with Crippen LogP contribution in [0, 0.1) is 5.92 Å². The summed E-state index contributed by atoms with van der Waals surface area (Å²) in [6, 6.07) is 3.30. The maximum absolute atomic E-state index is 10.8. The first-order chi connectivity index (χ1) is 8.99. The molecule has 19 heavy (non-hydrogen) atoms. The van der Waals surface area contributed by atoms with Crippen molar-refractivity contribution in [1.82, 2.24) is 4.90 Å². The van der Waals surface area contributed by atoms with Gasteiger partial charge in [0.05, 0.1) is 12.1 Å². The van der Waals surface area contributed by atoms with Crippen LogP contribution < -0.4 is 0 Å². The first-order valence-electron chi connectivity index (χ1n) is 6.74. The van der Waals surface area contributed by atoms with E-state index in [1.165, 1.54) is 6.07 Å². The number of aromatic carboxylic acids is 1. The number of likely N-dealkylation sites (tertiary alicyclic amines) is 1. The summed E-state index contributed by atoms with van der Waals surface area (Å²) in [4.78, 5) is 13.1. The summed E-state index contributed by atoms with van der Waals surface area (Å²) < 4.78 is 5.34. The number of aliphatic hydroxyl groups excluding tert-OH is 1. The first kappa shape index (κ1) is 14.1. The minimum absolute atomic E-state index is 0.0132. The van der Waals surface area contributed by atoms with Gasteiger partial charge >= 0.3 is 5.97 Å². The number of piperidine rings is 1. The Labute approximate surface area is 112 Å². The molecule has 2 atom stereocenters. The summed E-state index contributed by atoms with van der Waals surface area (Å²) in [6.07, 6.45) is 1.68. The third-order valence-electron chi connectivity index (χ3n) is 4.05. The zero-order chi connectivity index (χ0) is 14.0. The van der Waals surface area contributed by atoms with Gasteiger partial charge in [-0.2, -0.15) is 0 Å². The van der Waals surface area contributed by atoms with Crippen LogP contribution in [0.5, 0.6) is 0 Å². The minimum atomic E-state index is -1.04. The van der Waals surface area contributed by atoms with E-state index in [1.54, 1.807) is 6.07 Å². The standard InChI is InChI=1S/C14H21NO4/c1-9(12-3-4-13(19-12)14(17)18)15-7-5-11(6-8-15)10(2)16/h3-4,9-11,16H,5-8H2,1-2H3,(H,17,18). The fourth-order valence-electron chi connectivity index (χ4n) is 2.66. The van der Waals surface area contributed by atoms with Crippen LogP contribution in [0.2, 0.25) is 0 Å². The van der Waals surface area contributed by atoms with Crippen LogP contribution in [0.3, 0.4) is 0 Å². The highest BCUT2D eigenvalue weighted by molar-refractivity contribution is 5.84. The van der Waals surface area contributed by atoms with E-state index in [4.69, 9.17) is 9.52 Å². The van der Waals surface area contributed by atoms with E-state index in [1.807, 2.05) is 13.8 Å². The third kappa shape index (κ3) is 3.16. The van der Waals surface area contributed by atoms with Crippen LogP contribution in [-0.2, 0) is 0 Å². The molecular formula is C14H21NO4. The number of carbonyl (C=O) groups is 1. The molecule has 106 valence electrons. The fraction of sp³-hybridized carbons (Fsp3) is 0.643. The van der Waals surface area contributed by atoms with Gasteiger partial charge in [0.25, 0.3) is 0 Å². The van der Waals surface area contributed by atoms with E-state index in [0.29, 0.717) is 11.7 Å². The fourth-order valence-corrected chi connectivity index (χ4v) is 2.66. The SMILES string of the molecule is CC(O)C1CCN(C(C)c2ccc(C(=O)O)o2)CC1. The smallest absolute Gasteiger partial charge is 0.371 e. The van der Waals surface area contributed by atoms with Crippen LogP contribution in [0.15, 0.2) is 16.5 Å². The largest absolute Gasteiger partial charge is 0.475 e. The topological polar surface area (TPSA) is 73.9 Å². The Balaban J connectivity index is 1.96. The Hall–Kier alpha value is -1.33. The van der Waals surface area contributed by atoms with E-state index in [9.17, 15) is 9.90 Å². The van der Waals surface area contributed by atoms with Crippen LogP contribution >= 0.6 is 0 Å². The number of carboxylic acid groups (broad SMARTS) is 1. The molecule has 0 bridgehead atoms. The lowest BCUT2D eigenvalue weighted by Crippen LogP contribution is -2.38. The Morgan fingerprint density at radius 3 is 2.47 bits per heavy atom. The van der Waals surface area contributed by atoms with Crippen LogP contribution in [0.1, 0.15) is 49.0 Å². The lowest BCUT2D eigenvalue weighted by atomic mass is 9.91. The molecule has 2 N–H and O–H groups in total. The molecular weight excluding hydrogens is 246 g/mol. The van der Waals surface area contributed by atoms with Crippen molar-refractivity contribution in [2.45, 2.75) is 38.8 Å².